The van der Waals surface area contributed by atoms with Crippen molar-refractivity contribution in [2.75, 3.05) is 43.6 Å². The van der Waals surface area contributed by atoms with Gasteiger partial charge in [-0.3, -0.25) is 4.79 Å². The summed E-state index contributed by atoms with van der Waals surface area (Å²) >= 11 is 0. The van der Waals surface area contributed by atoms with Crippen LogP contribution < -0.4 is 10.2 Å². The summed E-state index contributed by atoms with van der Waals surface area (Å²) in [5.74, 6) is -0.578. The maximum atomic E-state index is 12.4. The Bertz CT molecular complexity index is 590. The summed E-state index contributed by atoms with van der Waals surface area (Å²) in [6.45, 7) is 3.01. The molecule has 6 nitrogen and oxygen atoms in total. The number of carbonyl (C=O) groups is 2. The molecule has 1 aromatic carbocycles. The first-order valence-electron chi connectivity index (χ1n) is 8.05. The molecule has 0 spiro atoms. The molecular weight excluding hydrogens is 296 g/mol. The third-order valence-electron chi connectivity index (χ3n) is 4.42. The van der Waals surface area contributed by atoms with Gasteiger partial charge in [0, 0.05) is 19.7 Å². The van der Waals surface area contributed by atoms with E-state index in [-0.39, 0.29) is 11.8 Å². The van der Waals surface area contributed by atoms with Gasteiger partial charge in [0.25, 0.3) is 0 Å². The van der Waals surface area contributed by atoms with Crippen LogP contribution in [0, 0.1) is 5.92 Å². The van der Waals surface area contributed by atoms with Crippen LogP contribution in [-0.2, 0) is 14.3 Å². The number of amides is 1. The SMILES string of the molecule is COC(=O)c1ccc(N2CCCC2)c(NC(=O)[C@@H]2CCOC2)c1. The highest BCUT2D eigenvalue weighted by Gasteiger charge is 2.25. The highest BCUT2D eigenvalue weighted by atomic mass is 16.5. The Morgan fingerprint density at radius 1 is 1.30 bits per heavy atom. The van der Waals surface area contributed by atoms with Gasteiger partial charge in [-0.1, -0.05) is 0 Å². The van der Waals surface area contributed by atoms with Gasteiger partial charge in [0.2, 0.25) is 5.91 Å². The van der Waals surface area contributed by atoms with Gasteiger partial charge in [-0.2, -0.15) is 0 Å². The molecule has 2 heterocycles. The first kappa shape index (κ1) is 15.8. The lowest BCUT2D eigenvalue weighted by Gasteiger charge is -2.23. The number of methoxy groups -OCH3 is 1. The Balaban J connectivity index is 1.86. The first-order chi connectivity index (χ1) is 11.2. The van der Waals surface area contributed by atoms with Gasteiger partial charge in [-0.15, -0.1) is 0 Å². The van der Waals surface area contributed by atoms with Crippen LogP contribution in [0.5, 0.6) is 0 Å². The predicted molar refractivity (Wildman–Crippen MR) is 86.8 cm³/mol. The quantitative estimate of drug-likeness (QED) is 0.861. The summed E-state index contributed by atoms with van der Waals surface area (Å²) in [5, 5.41) is 2.98. The smallest absolute Gasteiger partial charge is 0.337 e. The molecule has 0 aliphatic carbocycles. The van der Waals surface area contributed by atoms with E-state index in [9.17, 15) is 9.59 Å². The molecule has 3 rings (SSSR count). The summed E-state index contributed by atoms with van der Waals surface area (Å²) in [4.78, 5) is 26.4. The van der Waals surface area contributed by atoms with E-state index in [1.807, 2.05) is 6.07 Å². The second-order valence-electron chi connectivity index (χ2n) is 5.97. The average Bonchev–Trinajstić information content (AvgIpc) is 3.27. The summed E-state index contributed by atoms with van der Waals surface area (Å²) in [7, 11) is 1.35. The van der Waals surface area contributed by atoms with Crippen molar-refractivity contribution in [1.29, 1.82) is 0 Å². The molecule has 0 bridgehead atoms. The molecule has 124 valence electrons. The van der Waals surface area contributed by atoms with Gasteiger partial charge < -0.3 is 19.7 Å². The van der Waals surface area contributed by atoms with Crippen LogP contribution in [0.25, 0.3) is 0 Å². The van der Waals surface area contributed by atoms with Crippen molar-refractivity contribution < 1.29 is 19.1 Å². The van der Waals surface area contributed by atoms with E-state index in [0.29, 0.717) is 24.5 Å². The summed E-state index contributed by atoms with van der Waals surface area (Å²) < 4.78 is 10.1. The molecule has 1 amide bonds. The minimum Gasteiger partial charge on any atom is -0.465 e. The van der Waals surface area contributed by atoms with E-state index < -0.39 is 5.97 Å². The Kier molecular flexibility index (Phi) is 4.81. The zero-order valence-electron chi connectivity index (χ0n) is 13.3. The van der Waals surface area contributed by atoms with Crippen molar-refractivity contribution in [2.45, 2.75) is 19.3 Å². The number of ether oxygens (including phenoxy) is 2. The Hall–Kier alpha value is -2.08. The van der Waals surface area contributed by atoms with Crippen molar-refractivity contribution in [2.24, 2.45) is 5.92 Å². The van der Waals surface area contributed by atoms with Crippen LogP contribution in [0.15, 0.2) is 18.2 Å². The monoisotopic (exact) mass is 318 g/mol. The van der Waals surface area contributed by atoms with Crippen LogP contribution in [0.1, 0.15) is 29.6 Å². The van der Waals surface area contributed by atoms with Crippen molar-refractivity contribution in [3.63, 3.8) is 0 Å². The van der Waals surface area contributed by atoms with Crippen LogP contribution in [-0.4, -0.2) is 45.3 Å². The highest BCUT2D eigenvalue weighted by Crippen LogP contribution is 2.31. The highest BCUT2D eigenvalue weighted by molar-refractivity contribution is 5.99. The molecule has 1 aromatic rings. The van der Waals surface area contributed by atoms with Crippen molar-refractivity contribution in [3.05, 3.63) is 23.8 Å². The number of anilines is 2. The number of hydrogen-bond donors (Lipinski definition) is 1. The molecule has 0 radical (unpaired) electrons. The van der Waals surface area contributed by atoms with Gasteiger partial charge in [0.15, 0.2) is 0 Å². The van der Waals surface area contributed by atoms with Gasteiger partial charge in [0.1, 0.15) is 0 Å². The summed E-state index contributed by atoms with van der Waals surface area (Å²) in [5.41, 5.74) is 2.07. The number of rotatable bonds is 4. The standard InChI is InChI=1S/C17H22N2O4/c1-22-17(21)12-4-5-15(19-7-2-3-8-19)14(10-12)18-16(20)13-6-9-23-11-13/h4-5,10,13H,2-3,6-9,11H2,1H3,(H,18,20)/t13-/m1/s1. The van der Waals surface area contributed by atoms with E-state index >= 15 is 0 Å². The topological polar surface area (TPSA) is 67.9 Å². The normalized spacial score (nSPS) is 20.6. The molecule has 23 heavy (non-hydrogen) atoms. The van der Waals surface area contributed by atoms with Gasteiger partial charge in [-0.05, 0) is 37.5 Å². The average molecular weight is 318 g/mol. The van der Waals surface area contributed by atoms with Gasteiger partial charge in [0.05, 0.1) is 36.6 Å². The molecule has 0 aromatic heterocycles. The minimum atomic E-state index is -0.405. The molecule has 2 fully saturated rings. The Labute approximate surface area is 135 Å². The lowest BCUT2D eigenvalue weighted by atomic mass is 10.1. The van der Waals surface area contributed by atoms with Gasteiger partial charge >= 0.3 is 5.97 Å². The molecule has 2 aliphatic rings. The molecule has 1 atom stereocenters. The molecule has 6 heteroatoms. The molecule has 0 saturated carbocycles. The first-order valence-corrected chi connectivity index (χ1v) is 8.05. The number of hydrogen-bond acceptors (Lipinski definition) is 5. The number of carbonyl (C=O) groups excluding carboxylic acids is 2. The van der Waals surface area contributed by atoms with Crippen LogP contribution in [0.4, 0.5) is 11.4 Å². The van der Waals surface area contributed by atoms with E-state index in [2.05, 4.69) is 10.2 Å². The molecule has 2 aliphatic heterocycles. The summed E-state index contributed by atoms with van der Waals surface area (Å²) in [6, 6.07) is 5.33. The lowest BCUT2D eigenvalue weighted by Crippen LogP contribution is -2.26. The van der Waals surface area contributed by atoms with Crippen molar-refractivity contribution >= 4 is 23.3 Å². The maximum Gasteiger partial charge on any atom is 0.337 e. The Morgan fingerprint density at radius 3 is 2.74 bits per heavy atom. The minimum absolute atomic E-state index is 0.0510. The zero-order valence-corrected chi connectivity index (χ0v) is 13.3. The second-order valence-corrected chi connectivity index (χ2v) is 5.97. The fraction of sp³-hybridized carbons (Fsp3) is 0.529. The van der Waals surface area contributed by atoms with Gasteiger partial charge in [-0.25, -0.2) is 4.79 Å². The largest absolute Gasteiger partial charge is 0.465 e. The van der Waals surface area contributed by atoms with Crippen molar-refractivity contribution in [3.8, 4) is 0 Å². The van der Waals surface area contributed by atoms with E-state index in [4.69, 9.17) is 9.47 Å². The third kappa shape index (κ3) is 3.47. The summed E-state index contributed by atoms with van der Waals surface area (Å²) in [6.07, 6.45) is 3.02. The fourth-order valence-corrected chi connectivity index (χ4v) is 3.09. The Morgan fingerprint density at radius 2 is 2.09 bits per heavy atom. The molecular formula is C17H22N2O4. The predicted octanol–water partition coefficient (Wildman–Crippen LogP) is 2.05. The van der Waals surface area contributed by atoms with E-state index in [1.165, 1.54) is 7.11 Å². The number of esters is 1. The van der Waals surface area contributed by atoms with Crippen molar-refractivity contribution in [1.82, 2.24) is 0 Å². The third-order valence-corrected chi connectivity index (χ3v) is 4.42. The van der Waals surface area contributed by atoms with E-state index in [0.717, 1.165) is 38.0 Å². The lowest BCUT2D eigenvalue weighted by molar-refractivity contribution is -0.119. The zero-order chi connectivity index (χ0) is 16.2. The molecule has 1 N–H and O–H groups in total. The van der Waals surface area contributed by atoms with E-state index in [1.54, 1.807) is 12.1 Å². The van der Waals surface area contributed by atoms with Crippen LogP contribution >= 0.6 is 0 Å². The number of benzene rings is 1. The van der Waals surface area contributed by atoms with Crippen LogP contribution in [0.2, 0.25) is 0 Å². The number of nitrogens with one attached hydrogen (secondary N) is 1. The molecule has 0 unspecified atom stereocenters. The number of nitrogens with zero attached hydrogens (tertiary/aromatic N) is 1. The second kappa shape index (κ2) is 7.00. The fourth-order valence-electron chi connectivity index (χ4n) is 3.09. The molecule has 2 saturated heterocycles. The van der Waals surface area contributed by atoms with Crippen LogP contribution in [0.3, 0.4) is 0 Å². The maximum absolute atomic E-state index is 12.4.